The summed E-state index contributed by atoms with van der Waals surface area (Å²) in [6.07, 6.45) is 5.89. The quantitative estimate of drug-likeness (QED) is 0.462. The minimum Gasteiger partial charge on any atom is -0.464 e. The average Bonchev–Trinajstić information content (AvgIpc) is 2.73. The van der Waals surface area contributed by atoms with Crippen LogP contribution in [0.25, 0.3) is 11.1 Å². The Morgan fingerprint density at radius 3 is 2.52 bits per heavy atom. The second-order valence-electron chi connectivity index (χ2n) is 6.46. The molecule has 1 fully saturated rings. The fourth-order valence-corrected chi connectivity index (χ4v) is 3.01. The first kappa shape index (κ1) is 19.0. The molecule has 27 heavy (non-hydrogen) atoms. The molecule has 0 aliphatic carbocycles. The predicted octanol–water partition coefficient (Wildman–Crippen LogP) is 2.16. The molecule has 0 unspecified atom stereocenters. The number of nitrogens with one attached hydrogen (secondary N) is 1. The Bertz CT molecular complexity index is 741. The molecule has 1 atom stereocenters. The van der Waals surface area contributed by atoms with Crippen molar-refractivity contribution in [1.29, 1.82) is 0 Å². The zero-order chi connectivity index (χ0) is 18.9. The molecule has 1 saturated heterocycles. The van der Waals surface area contributed by atoms with Crippen molar-refractivity contribution in [3.63, 3.8) is 0 Å². The van der Waals surface area contributed by atoms with E-state index in [-0.39, 0.29) is 5.97 Å². The summed E-state index contributed by atoms with van der Waals surface area (Å²) < 4.78 is 5.22. The van der Waals surface area contributed by atoms with Gasteiger partial charge in [0, 0.05) is 45.0 Å². The fourth-order valence-electron chi connectivity index (χ4n) is 3.01. The van der Waals surface area contributed by atoms with Crippen molar-refractivity contribution < 1.29 is 9.53 Å². The van der Waals surface area contributed by atoms with Crippen molar-refractivity contribution in [3.05, 3.63) is 54.4 Å². The summed E-state index contributed by atoms with van der Waals surface area (Å²) in [6.45, 7) is 5.86. The third kappa shape index (κ3) is 5.62. The van der Waals surface area contributed by atoms with Crippen LogP contribution in [0, 0.1) is 0 Å². The maximum absolute atomic E-state index is 12.3. The maximum atomic E-state index is 12.3. The van der Waals surface area contributed by atoms with Crippen molar-refractivity contribution in [3.8, 4) is 11.1 Å². The van der Waals surface area contributed by atoms with Gasteiger partial charge in [-0.15, -0.1) is 0 Å². The van der Waals surface area contributed by atoms with Crippen molar-refractivity contribution >= 4 is 12.3 Å². The lowest BCUT2D eigenvalue weighted by molar-refractivity contribution is -0.144. The van der Waals surface area contributed by atoms with Gasteiger partial charge in [0.15, 0.2) is 6.04 Å². The number of ether oxygens (including phenoxy) is 1. The summed E-state index contributed by atoms with van der Waals surface area (Å²) >= 11 is 0. The lowest BCUT2D eigenvalue weighted by atomic mass is 10.0. The second-order valence-corrected chi connectivity index (χ2v) is 6.46. The average molecular weight is 366 g/mol. The molecule has 1 aliphatic heterocycles. The van der Waals surface area contributed by atoms with Gasteiger partial charge in [-0.05, 0) is 35.7 Å². The largest absolute Gasteiger partial charge is 0.464 e. The molecular weight excluding hydrogens is 340 g/mol. The van der Waals surface area contributed by atoms with Gasteiger partial charge in [-0.25, -0.2) is 4.79 Å². The van der Waals surface area contributed by atoms with Gasteiger partial charge in [0.05, 0.1) is 12.9 Å². The van der Waals surface area contributed by atoms with Gasteiger partial charge >= 0.3 is 5.97 Å². The number of aliphatic imine (C=N–C) groups is 1. The van der Waals surface area contributed by atoms with Gasteiger partial charge in [-0.1, -0.05) is 24.3 Å². The third-order valence-electron chi connectivity index (χ3n) is 4.52. The predicted molar refractivity (Wildman–Crippen MR) is 107 cm³/mol. The molecule has 1 aliphatic rings. The van der Waals surface area contributed by atoms with E-state index in [4.69, 9.17) is 4.74 Å². The fraction of sp³-hybridized carbons (Fsp3) is 0.381. The van der Waals surface area contributed by atoms with Crippen molar-refractivity contribution in [2.24, 2.45) is 4.99 Å². The molecule has 0 radical (unpaired) electrons. The number of aromatic nitrogens is 1. The van der Waals surface area contributed by atoms with Crippen molar-refractivity contribution in [1.82, 2.24) is 15.2 Å². The van der Waals surface area contributed by atoms with E-state index in [0.29, 0.717) is 13.0 Å². The van der Waals surface area contributed by atoms with Crippen LogP contribution >= 0.6 is 0 Å². The molecule has 0 saturated carbocycles. The molecule has 0 spiro atoms. The van der Waals surface area contributed by atoms with Gasteiger partial charge in [-0.2, -0.15) is 0 Å². The summed E-state index contributed by atoms with van der Waals surface area (Å²) in [6, 6.07) is 11.7. The number of benzene rings is 1. The van der Waals surface area contributed by atoms with Crippen LogP contribution in [-0.2, 0) is 16.0 Å². The number of carbonyl (C=O) groups is 1. The first-order chi connectivity index (χ1) is 13.3. The van der Waals surface area contributed by atoms with Crippen molar-refractivity contribution in [2.75, 3.05) is 32.8 Å². The van der Waals surface area contributed by atoms with E-state index < -0.39 is 6.04 Å². The Labute approximate surface area is 160 Å². The number of esters is 1. The van der Waals surface area contributed by atoms with E-state index in [1.165, 1.54) is 0 Å². The molecule has 142 valence electrons. The summed E-state index contributed by atoms with van der Waals surface area (Å²) in [5.74, 6) is -0.276. The van der Waals surface area contributed by atoms with E-state index in [1.807, 2.05) is 31.2 Å². The topological polar surface area (TPSA) is 66.8 Å². The first-order valence-corrected chi connectivity index (χ1v) is 9.40. The zero-order valence-electron chi connectivity index (χ0n) is 15.7. The standard InChI is InChI=1S/C21H26N4O2/c1-2-27-21(26)20(24-16-25-13-11-23-12-14-25)15-17-3-5-18(6-4-17)19-7-9-22-10-8-19/h3-10,16,20,23H,2,11-15H2,1H3/t20-/m0/s1. The van der Waals surface area contributed by atoms with E-state index in [1.54, 1.807) is 18.7 Å². The Balaban J connectivity index is 1.69. The second kappa shape index (κ2) is 9.83. The molecule has 1 aromatic carbocycles. The van der Waals surface area contributed by atoms with Crippen LogP contribution in [-0.4, -0.2) is 61.0 Å². The molecule has 0 amide bonds. The molecule has 1 N–H and O–H groups in total. The smallest absolute Gasteiger partial charge is 0.331 e. The molecule has 6 nitrogen and oxygen atoms in total. The Hall–Kier alpha value is -2.73. The minimum absolute atomic E-state index is 0.276. The van der Waals surface area contributed by atoms with E-state index >= 15 is 0 Å². The third-order valence-corrected chi connectivity index (χ3v) is 4.52. The highest BCUT2D eigenvalue weighted by Crippen LogP contribution is 2.19. The van der Waals surface area contributed by atoms with E-state index in [0.717, 1.165) is 42.9 Å². The van der Waals surface area contributed by atoms with Crippen LogP contribution in [0.5, 0.6) is 0 Å². The lowest BCUT2D eigenvalue weighted by Crippen LogP contribution is -2.43. The van der Waals surface area contributed by atoms with Crippen LogP contribution in [0.1, 0.15) is 12.5 Å². The molecule has 2 heterocycles. The maximum Gasteiger partial charge on any atom is 0.331 e. The number of piperazine rings is 1. The highest BCUT2D eigenvalue weighted by molar-refractivity contribution is 5.78. The number of pyridine rings is 1. The van der Waals surface area contributed by atoms with Gasteiger partial charge in [0.25, 0.3) is 0 Å². The van der Waals surface area contributed by atoms with E-state index in [2.05, 4.69) is 32.3 Å². The molecule has 3 rings (SSSR count). The van der Waals surface area contributed by atoms with E-state index in [9.17, 15) is 4.79 Å². The Kier molecular flexibility index (Phi) is 6.93. The number of nitrogens with zero attached hydrogens (tertiary/aromatic N) is 3. The summed E-state index contributed by atoms with van der Waals surface area (Å²) in [5.41, 5.74) is 3.30. The molecular formula is C21H26N4O2. The SMILES string of the molecule is CCOC(=O)[C@H](Cc1ccc(-c2ccncc2)cc1)N=CN1CCNCC1. The van der Waals surface area contributed by atoms with Gasteiger partial charge in [-0.3, -0.25) is 9.98 Å². The van der Waals surface area contributed by atoms with Crippen molar-refractivity contribution in [2.45, 2.75) is 19.4 Å². The number of hydrogen-bond donors (Lipinski definition) is 1. The normalized spacial score (nSPS) is 15.7. The molecule has 0 bridgehead atoms. The summed E-state index contributed by atoms with van der Waals surface area (Å²) in [5, 5.41) is 3.31. The Morgan fingerprint density at radius 2 is 1.85 bits per heavy atom. The van der Waals surface area contributed by atoms with Crippen LogP contribution < -0.4 is 5.32 Å². The summed E-state index contributed by atoms with van der Waals surface area (Å²) in [7, 11) is 0. The highest BCUT2D eigenvalue weighted by atomic mass is 16.5. The first-order valence-electron chi connectivity index (χ1n) is 9.40. The molecule has 1 aromatic heterocycles. The molecule has 2 aromatic rings. The highest BCUT2D eigenvalue weighted by Gasteiger charge is 2.19. The monoisotopic (exact) mass is 366 g/mol. The van der Waals surface area contributed by atoms with Crippen LogP contribution in [0.2, 0.25) is 0 Å². The Morgan fingerprint density at radius 1 is 1.19 bits per heavy atom. The van der Waals surface area contributed by atoms with Gasteiger partial charge < -0.3 is 15.0 Å². The zero-order valence-corrected chi connectivity index (χ0v) is 15.7. The number of carbonyl (C=O) groups excluding carboxylic acids is 1. The summed E-state index contributed by atoms with van der Waals surface area (Å²) in [4.78, 5) is 23.0. The minimum atomic E-state index is -0.522. The van der Waals surface area contributed by atoms with Gasteiger partial charge in [0.1, 0.15) is 0 Å². The van der Waals surface area contributed by atoms with Crippen LogP contribution in [0.15, 0.2) is 53.8 Å². The van der Waals surface area contributed by atoms with Gasteiger partial charge in [0.2, 0.25) is 0 Å². The number of hydrogen-bond acceptors (Lipinski definition) is 5. The number of rotatable bonds is 7. The van der Waals surface area contributed by atoms with Crippen LogP contribution in [0.3, 0.4) is 0 Å². The lowest BCUT2D eigenvalue weighted by Gasteiger charge is -2.25. The molecule has 6 heteroatoms. The van der Waals surface area contributed by atoms with Crippen LogP contribution in [0.4, 0.5) is 0 Å².